The van der Waals surface area contributed by atoms with Gasteiger partial charge in [-0.15, -0.1) is 0 Å². The summed E-state index contributed by atoms with van der Waals surface area (Å²) in [5.41, 5.74) is 8.04. The molecule has 6 aromatic carbocycles. The van der Waals surface area contributed by atoms with Crippen molar-refractivity contribution in [3.8, 4) is 11.1 Å². The molecule has 1 atom stereocenters. The van der Waals surface area contributed by atoms with Crippen LogP contribution in [0, 0.1) is 0 Å². The second kappa shape index (κ2) is 8.64. The Kier molecular flexibility index (Phi) is 4.86. The van der Waals surface area contributed by atoms with Crippen molar-refractivity contribution in [2.45, 2.75) is 6.42 Å². The summed E-state index contributed by atoms with van der Waals surface area (Å²) in [5, 5.41) is 12.5. The van der Waals surface area contributed by atoms with Crippen molar-refractivity contribution in [2.24, 2.45) is 7.05 Å². The first-order chi connectivity index (χ1) is 20.3. The molecule has 0 bridgehead atoms. The minimum absolute atomic E-state index is 0.553. The van der Waals surface area contributed by atoms with Gasteiger partial charge in [-0.1, -0.05) is 103 Å². The van der Waals surface area contributed by atoms with E-state index in [1.165, 1.54) is 76.2 Å². The molecule has 0 saturated carbocycles. The second-order valence-corrected chi connectivity index (χ2v) is 13.3. The Morgan fingerprint density at radius 3 is 2.20 bits per heavy atom. The summed E-state index contributed by atoms with van der Waals surface area (Å²) >= 11 is 0. The number of allylic oxidation sites excluding steroid dienone is 4. The van der Waals surface area contributed by atoms with Crippen LogP contribution in [0.15, 0.2) is 133 Å². The monoisotopic (exact) mass is 540 g/mol. The van der Waals surface area contributed by atoms with Crippen molar-refractivity contribution >= 4 is 72.4 Å². The van der Waals surface area contributed by atoms with E-state index in [4.69, 9.17) is 0 Å². The maximum Gasteiger partial charge on any atom is 0.175 e. The molecule has 0 spiro atoms. The van der Waals surface area contributed by atoms with Crippen LogP contribution in [-0.2, 0) is 7.05 Å². The van der Waals surface area contributed by atoms with Gasteiger partial charge in [0.1, 0.15) is 5.29 Å². The van der Waals surface area contributed by atoms with E-state index in [1.54, 1.807) is 5.29 Å². The molecule has 0 fully saturated rings. The molecule has 192 valence electrons. The molecular formula is C39H27NP+. The molecule has 2 aliphatic rings. The molecule has 2 heteroatoms. The van der Waals surface area contributed by atoms with E-state index in [2.05, 4.69) is 145 Å². The molecule has 1 aliphatic heterocycles. The highest BCUT2D eigenvalue weighted by Crippen LogP contribution is 2.46. The van der Waals surface area contributed by atoms with E-state index in [-0.39, 0.29) is 0 Å². The summed E-state index contributed by atoms with van der Waals surface area (Å²) in [5.74, 6) is 0. The zero-order valence-corrected chi connectivity index (χ0v) is 23.7. The fraction of sp³-hybridized carbons (Fsp3) is 0.0513. The summed E-state index contributed by atoms with van der Waals surface area (Å²) in [6, 6.07) is 43.1. The van der Waals surface area contributed by atoms with Gasteiger partial charge in [-0.3, -0.25) is 0 Å². The van der Waals surface area contributed by atoms with Crippen molar-refractivity contribution in [3.63, 3.8) is 0 Å². The first-order valence-electron chi connectivity index (χ1n) is 14.3. The van der Waals surface area contributed by atoms with Gasteiger partial charge >= 0.3 is 0 Å². The Labute approximate surface area is 240 Å². The Bertz CT molecular complexity index is 2330. The van der Waals surface area contributed by atoms with Gasteiger partial charge < -0.3 is 4.57 Å². The average molecular weight is 541 g/mol. The lowest BCUT2D eigenvalue weighted by molar-refractivity contribution is 1.02. The molecule has 0 N–H and O–H groups in total. The summed E-state index contributed by atoms with van der Waals surface area (Å²) in [4.78, 5) is 0. The van der Waals surface area contributed by atoms with E-state index >= 15 is 0 Å². The molecule has 1 aliphatic carbocycles. The summed E-state index contributed by atoms with van der Waals surface area (Å²) in [7, 11) is 1.68. The summed E-state index contributed by atoms with van der Waals surface area (Å²) < 4.78 is 2.41. The lowest BCUT2D eigenvalue weighted by Crippen LogP contribution is -2.08. The number of fused-ring (bicyclic) bond motifs is 11. The SMILES string of the molecule is Cn1c2cccc(-c3ccc4c(c3)[P+](c3ccccc3)=C3CC=CC=C34)c2c2c3ccccc3c3ccccc3c21. The van der Waals surface area contributed by atoms with Crippen LogP contribution in [0.25, 0.3) is 60.1 Å². The fourth-order valence-electron chi connectivity index (χ4n) is 7.30. The Morgan fingerprint density at radius 1 is 0.634 bits per heavy atom. The van der Waals surface area contributed by atoms with Crippen LogP contribution in [0.1, 0.15) is 12.0 Å². The maximum atomic E-state index is 2.51. The average Bonchev–Trinajstić information content (AvgIpc) is 3.53. The summed E-state index contributed by atoms with van der Waals surface area (Å²) in [6.45, 7) is 0. The molecule has 7 aromatic rings. The predicted molar refractivity (Wildman–Crippen MR) is 180 cm³/mol. The molecule has 0 saturated heterocycles. The van der Waals surface area contributed by atoms with Crippen LogP contribution < -0.4 is 10.6 Å². The first-order valence-corrected chi connectivity index (χ1v) is 15.7. The maximum absolute atomic E-state index is 2.51. The first kappa shape index (κ1) is 23.0. The number of rotatable bonds is 2. The molecule has 1 aromatic heterocycles. The third-order valence-corrected chi connectivity index (χ3v) is 11.7. The normalized spacial score (nSPS) is 15.2. The van der Waals surface area contributed by atoms with Crippen molar-refractivity contribution < 1.29 is 0 Å². The van der Waals surface area contributed by atoms with Gasteiger partial charge in [0.15, 0.2) is 18.2 Å². The molecule has 9 rings (SSSR count). The smallest absolute Gasteiger partial charge is 0.175 e. The largest absolute Gasteiger partial charge is 0.343 e. The second-order valence-electron chi connectivity index (χ2n) is 11.1. The van der Waals surface area contributed by atoms with E-state index in [0.29, 0.717) is 0 Å². The quantitative estimate of drug-likeness (QED) is 0.152. The molecule has 1 unspecified atom stereocenters. The summed E-state index contributed by atoms with van der Waals surface area (Å²) in [6.07, 6.45) is 7.91. The van der Waals surface area contributed by atoms with E-state index in [1.807, 2.05) is 0 Å². The zero-order valence-electron chi connectivity index (χ0n) is 22.8. The van der Waals surface area contributed by atoms with Crippen LogP contribution in [-0.4, -0.2) is 9.86 Å². The van der Waals surface area contributed by atoms with Crippen molar-refractivity contribution in [2.75, 3.05) is 0 Å². The van der Waals surface area contributed by atoms with Crippen molar-refractivity contribution in [1.82, 2.24) is 4.57 Å². The van der Waals surface area contributed by atoms with Gasteiger partial charge in [-0.25, -0.2) is 0 Å². The van der Waals surface area contributed by atoms with Crippen LogP contribution in [0.4, 0.5) is 0 Å². The molecule has 0 amide bonds. The lowest BCUT2D eigenvalue weighted by atomic mass is 9.92. The number of aryl methyl sites for hydroxylation is 1. The van der Waals surface area contributed by atoms with Gasteiger partial charge in [0.05, 0.1) is 5.52 Å². The van der Waals surface area contributed by atoms with Gasteiger partial charge in [0.25, 0.3) is 0 Å². The van der Waals surface area contributed by atoms with Crippen LogP contribution in [0.3, 0.4) is 0 Å². The predicted octanol–water partition coefficient (Wildman–Crippen LogP) is 9.27. The number of nitrogens with zero attached hydrogens (tertiary/aromatic N) is 1. The van der Waals surface area contributed by atoms with Gasteiger partial charge in [0.2, 0.25) is 0 Å². The van der Waals surface area contributed by atoms with Crippen LogP contribution >= 0.6 is 7.55 Å². The number of aromatic nitrogens is 1. The minimum atomic E-state index is -0.553. The van der Waals surface area contributed by atoms with E-state index < -0.39 is 7.55 Å². The fourth-order valence-corrected chi connectivity index (χ4v) is 10.1. The van der Waals surface area contributed by atoms with Gasteiger partial charge in [-0.05, 0) is 57.6 Å². The lowest BCUT2D eigenvalue weighted by Gasteiger charge is -2.10. The van der Waals surface area contributed by atoms with Crippen molar-refractivity contribution in [1.29, 1.82) is 0 Å². The zero-order chi connectivity index (χ0) is 27.1. The molecule has 2 heterocycles. The van der Waals surface area contributed by atoms with Crippen molar-refractivity contribution in [3.05, 3.63) is 139 Å². The van der Waals surface area contributed by atoms with Gasteiger partial charge in [0, 0.05) is 46.3 Å². The Morgan fingerprint density at radius 2 is 1.37 bits per heavy atom. The number of hydrogen-bond acceptors (Lipinski definition) is 0. The van der Waals surface area contributed by atoms with Crippen LogP contribution in [0.2, 0.25) is 0 Å². The van der Waals surface area contributed by atoms with E-state index in [0.717, 1.165) is 6.42 Å². The topological polar surface area (TPSA) is 4.93 Å². The van der Waals surface area contributed by atoms with E-state index in [9.17, 15) is 0 Å². The molecule has 1 nitrogen and oxygen atoms in total. The molecule has 0 radical (unpaired) electrons. The molecular weight excluding hydrogens is 513 g/mol. The highest BCUT2D eigenvalue weighted by atomic mass is 31.1. The third-order valence-electron chi connectivity index (χ3n) is 9.04. The highest BCUT2D eigenvalue weighted by molar-refractivity contribution is 7.75. The highest BCUT2D eigenvalue weighted by Gasteiger charge is 2.38. The minimum Gasteiger partial charge on any atom is -0.343 e. The van der Waals surface area contributed by atoms with Gasteiger partial charge in [-0.2, -0.15) is 0 Å². The van der Waals surface area contributed by atoms with Crippen LogP contribution in [0.5, 0.6) is 0 Å². The number of hydrogen-bond donors (Lipinski definition) is 0. The third kappa shape index (κ3) is 3.16. The Hall–Kier alpha value is -4.71. The standard InChI is InChI=1S/C39H27NP/c1-40-34-20-11-19-27(37(34)38-32-17-7-5-14-28(32)29-15-6-8-18-33(29)39(38)40)25-22-23-31-30-16-9-10-21-35(30)41(36(31)24-25)26-12-3-2-4-13-26/h2-20,22-24H,21H2,1H3/q+1. The Balaban J connectivity index is 1.38. The molecule has 41 heavy (non-hydrogen) atoms. The number of benzene rings is 6.